The van der Waals surface area contributed by atoms with Gasteiger partial charge < -0.3 is 5.32 Å². The van der Waals surface area contributed by atoms with Crippen LogP contribution in [0.4, 0.5) is 11.4 Å². The fourth-order valence-corrected chi connectivity index (χ4v) is 4.26. The number of carbonyl (C=O) groups is 1. The molecule has 1 aromatic rings. The lowest BCUT2D eigenvalue weighted by atomic mass is 10.00. The molecule has 2 rings (SSSR count). The first kappa shape index (κ1) is 22.2. The highest BCUT2D eigenvalue weighted by molar-refractivity contribution is 7.92. The first-order valence-electron chi connectivity index (χ1n) is 9.05. The van der Waals surface area contributed by atoms with E-state index in [1.54, 1.807) is 0 Å². The van der Waals surface area contributed by atoms with Crippen LogP contribution in [0.2, 0.25) is 5.02 Å². The van der Waals surface area contributed by atoms with Gasteiger partial charge in [0.05, 0.1) is 21.9 Å². The minimum atomic E-state index is -3.72. The Morgan fingerprint density at radius 2 is 2.11 bits per heavy atom. The number of non-ortho nitro benzene ring substituents is 1. The van der Waals surface area contributed by atoms with Crippen molar-refractivity contribution in [1.82, 2.24) is 5.32 Å². The Bertz CT molecular complexity index is 870. The molecule has 0 saturated heterocycles. The lowest BCUT2D eigenvalue weighted by Crippen LogP contribution is -2.32. The number of nitrogens with zero attached hydrogens (tertiary/aromatic N) is 2. The lowest BCUT2D eigenvalue weighted by molar-refractivity contribution is -0.384. The third-order valence-corrected chi connectivity index (χ3v) is 5.97. The summed E-state index contributed by atoms with van der Waals surface area (Å²) in [6.45, 7) is 0.515. The van der Waals surface area contributed by atoms with Crippen molar-refractivity contribution in [2.45, 2.75) is 38.5 Å². The maximum atomic E-state index is 12.2. The molecule has 0 bridgehead atoms. The number of benzene rings is 1. The van der Waals surface area contributed by atoms with Crippen molar-refractivity contribution >= 4 is 38.9 Å². The standard InChI is InChI=1S/C18H24ClN3O5S/c1-28(26,27)21(17-12-15(22(24)25)9-10-16(17)19)11-5-8-18(23)20-13-14-6-3-2-4-7-14/h6,9-10,12H,2-5,7-8,11,13H2,1H3,(H,20,23). The van der Waals surface area contributed by atoms with Crippen molar-refractivity contribution in [1.29, 1.82) is 0 Å². The number of nitrogens with one attached hydrogen (secondary N) is 1. The van der Waals surface area contributed by atoms with Gasteiger partial charge in [0.15, 0.2) is 0 Å². The zero-order valence-corrected chi connectivity index (χ0v) is 17.3. The Balaban J connectivity index is 1.98. The van der Waals surface area contributed by atoms with E-state index in [0.717, 1.165) is 35.9 Å². The number of rotatable bonds is 9. The van der Waals surface area contributed by atoms with Crippen molar-refractivity contribution in [3.8, 4) is 0 Å². The molecule has 0 saturated carbocycles. The van der Waals surface area contributed by atoms with Crippen LogP contribution in [0.1, 0.15) is 38.5 Å². The number of carbonyl (C=O) groups excluding carboxylic acids is 1. The minimum Gasteiger partial charge on any atom is -0.352 e. The van der Waals surface area contributed by atoms with E-state index in [1.165, 1.54) is 24.1 Å². The number of hydrogen-bond donors (Lipinski definition) is 1. The van der Waals surface area contributed by atoms with Crippen molar-refractivity contribution < 1.29 is 18.1 Å². The van der Waals surface area contributed by atoms with Gasteiger partial charge in [0.2, 0.25) is 15.9 Å². The van der Waals surface area contributed by atoms with E-state index < -0.39 is 14.9 Å². The summed E-state index contributed by atoms with van der Waals surface area (Å²) in [5, 5.41) is 13.9. The van der Waals surface area contributed by atoms with E-state index in [-0.39, 0.29) is 41.7 Å². The van der Waals surface area contributed by atoms with Gasteiger partial charge >= 0.3 is 0 Å². The summed E-state index contributed by atoms with van der Waals surface area (Å²) in [6, 6.07) is 3.62. The summed E-state index contributed by atoms with van der Waals surface area (Å²) in [6.07, 6.45) is 7.90. The van der Waals surface area contributed by atoms with Crippen molar-refractivity contribution in [3.63, 3.8) is 0 Å². The van der Waals surface area contributed by atoms with Gasteiger partial charge in [-0.2, -0.15) is 0 Å². The van der Waals surface area contributed by atoms with Crippen LogP contribution in [0.25, 0.3) is 0 Å². The Morgan fingerprint density at radius 3 is 2.71 bits per heavy atom. The van der Waals surface area contributed by atoms with Crippen LogP contribution in [0, 0.1) is 10.1 Å². The highest BCUT2D eigenvalue weighted by Crippen LogP contribution is 2.31. The van der Waals surface area contributed by atoms with E-state index in [9.17, 15) is 23.3 Å². The summed E-state index contributed by atoms with van der Waals surface area (Å²) in [4.78, 5) is 22.4. The van der Waals surface area contributed by atoms with Crippen LogP contribution in [-0.2, 0) is 14.8 Å². The van der Waals surface area contributed by atoms with Crippen molar-refractivity contribution in [2.24, 2.45) is 0 Å². The predicted molar refractivity (Wildman–Crippen MR) is 109 cm³/mol. The number of halogens is 1. The second-order valence-corrected chi connectivity index (χ2v) is 9.03. The molecule has 0 heterocycles. The summed E-state index contributed by atoms with van der Waals surface area (Å²) in [5.74, 6) is -0.162. The highest BCUT2D eigenvalue weighted by atomic mass is 35.5. The molecule has 0 spiro atoms. The first-order chi connectivity index (χ1) is 13.2. The molecule has 0 unspecified atom stereocenters. The van der Waals surface area contributed by atoms with E-state index in [4.69, 9.17) is 11.6 Å². The SMILES string of the molecule is CS(=O)(=O)N(CCCC(=O)NCC1=CCCCC1)c1cc([N+](=O)[O-])ccc1Cl. The number of nitro groups is 1. The predicted octanol–water partition coefficient (Wildman–Crippen LogP) is 3.41. The summed E-state index contributed by atoms with van der Waals surface area (Å²) < 4.78 is 25.3. The molecule has 0 atom stereocenters. The molecule has 1 aliphatic rings. The monoisotopic (exact) mass is 429 g/mol. The van der Waals surface area contributed by atoms with Gasteiger partial charge in [0, 0.05) is 31.6 Å². The number of amides is 1. The van der Waals surface area contributed by atoms with Crippen molar-refractivity contribution in [2.75, 3.05) is 23.7 Å². The average molecular weight is 430 g/mol. The second kappa shape index (κ2) is 9.88. The third kappa shape index (κ3) is 6.49. The number of anilines is 1. The lowest BCUT2D eigenvalue weighted by Gasteiger charge is -2.23. The fraction of sp³-hybridized carbons (Fsp3) is 0.500. The Kier molecular flexibility index (Phi) is 7.82. The highest BCUT2D eigenvalue weighted by Gasteiger charge is 2.22. The van der Waals surface area contributed by atoms with Gasteiger partial charge in [-0.3, -0.25) is 19.2 Å². The van der Waals surface area contributed by atoms with Crippen LogP contribution in [0.15, 0.2) is 29.8 Å². The molecule has 10 heteroatoms. The van der Waals surface area contributed by atoms with Crippen LogP contribution in [0.3, 0.4) is 0 Å². The Hall–Kier alpha value is -2.13. The van der Waals surface area contributed by atoms with E-state index in [2.05, 4.69) is 11.4 Å². The summed E-state index contributed by atoms with van der Waals surface area (Å²) in [7, 11) is -3.72. The Morgan fingerprint density at radius 1 is 1.36 bits per heavy atom. The molecule has 1 aromatic carbocycles. The smallest absolute Gasteiger partial charge is 0.271 e. The van der Waals surface area contributed by atoms with E-state index >= 15 is 0 Å². The summed E-state index contributed by atoms with van der Waals surface area (Å²) >= 11 is 6.06. The molecule has 1 amide bonds. The van der Waals surface area contributed by atoms with Gasteiger partial charge in [-0.25, -0.2) is 8.42 Å². The maximum absolute atomic E-state index is 12.2. The van der Waals surface area contributed by atoms with Gasteiger partial charge in [-0.15, -0.1) is 0 Å². The summed E-state index contributed by atoms with van der Waals surface area (Å²) in [5.41, 5.74) is 0.999. The topological polar surface area (TPSA) is 110 Å². The largest absolute Gasteiger partial charge is 0.352 e. The van der Waals surface area contributed by atoms with Gasteiger partial charge in [-0.1, -0.05) is 23.3 Å². The molecule has 1 N–H and O–H groups in total. The van der Waals surface area contributed by atoms with Crippen LogP contribution in [0.5, 0.6) is 0 Å². The molecule has 28 heavy (non-hydrogen) atoms. The molecule has 0 aromatic heterocycles. The number of nitro benzene ring substituents is 1. The molecule has 8 nitrogen and oxygen atoms in total. The molecule has 0 aliphatic heterocycles. The van der Waals surface area contributed by atoms with Crippen LogP contribution < -0.4 is 9.62 Å². The molecular weight excluding hydrogens is 406 g/mol. The maximum Gasteiger partial charge on any atom is 0.271 e. The number of allylic oxidation sites excluding steroid dienone is 1. The van der Waals surface area contributed by atoms with Gasteiger partial charge in [-0.05, 0) is 38.2 Å². The molecule has 154 valence electrons. The second-order valence-electron chi connectivity index (χ2n) is 6.72. The van der Waals surface area contributed by atoms with E-state index in [0.29, 0.717) is 6.54 Å². The van der Waals surface area contributed by atoms with Crippen LogP contribution >= 0.6 is 11.6 Å². The molecule has 0 fully saturated rings. The quantitative estimate of drug-likeness (QED) is 0.367. The molecule has 0 radical (unpaired) electrons. The fourth-order valence-electron chi connectivity index (χ4n) is 3.02. The average Bonchev–Trinajstić information content (AvgIpc) is 2.64. The normalized spacial score (nSPS) is 14.3. The van der Waals surface area contributed by atoms with Gasteiger partial charge in [0.25, 0.3) is 5.69 Å². The molecule has 1 aliphatic carbocycles. The zero-order valence-electron chi connectivity index (χ0n) is 15.7. The first-order valence-corrected chi connectivity index (χ1v) is 11.3. The third-order valence-electron chi connectivity index (χ3n) is 4.47. The number of hydrogen-bond acceptors (Lipinski definition) is 5. The van der Waals surface area contributed by atoms with Crippen molar-refractivity contribution in [3.05, 3.63) is 45.0 Å². The Labute approximate surface area is 169 Å². The molecular formula is C18H24ClN3O5S. The number of sulfonamides is 1. The van der Waals surface area contributed by atoms with Gasteiger partial charge in [0.1, 0.15) is 0 Å². The van der Waals surface area contributed by atoms with Crippen LogP contribution in [-0.4, -0.2) is 38.6 Å². The zero-order chi connectivity index (χ0) is 20.7. The minimum absolute atomic E-state index is 0.00413. The van der Waals surface area contributed by atoms with E-state index in [1.807, 2.05) is 0 Å².